The maximum Gasteiger partial charge on any atom is 0.0458 e. The molecule has 0 atom stereocenters. The lowest BCUT2D eigenvalue weighted by molar-refractivity contribution is 0.407. The molecule has 1 nitrogen and oxygen atoms in total. The highest BCUT2D eigenvalue weighted by Crippen LogP contribution is 2.36. The van der Waals surface area contributed by atoms with Gasteiger partial charge in [0.05, 0.1) is 0 Å². The average Bonchev–Trinajstić information content (AvgIpc) is 2.23. The van der Waals surface area contributed by atoms with Gasteiger partial charge in [0.2, 0.25) is 0 Å². The van der Waals surface area contributed by atoms with Crippen molar-refractivity contribution in [2.75, 3.05) is 6.54 Å². The van der Waals surface area contributed by atoms with Crippen molar-refractivity contribution >= 4 is 23.2 Å². The van der Waals surface area contributed by atoms with Crippen LogP contribution in [0.2, 0.25) is 10.0 Å². The van der Waals surface area contributed by atoms with Gasteiger partial charge in [0.1, 0.15) is 0 Å². The molecule has 3 heteroatoms. The number of hydrogen-bond donors (Lipinski definition) is 1. The Kier molecular flexibility index (Phi) is 4.45. The Morgan fingerprint density at radius 3 is 2.20 bits per heavy atom. The van der Waals surface area contributed by atoms with Crippen molar-refractivity contribution in [3.63, 3.8) is 0 Å². The zero-order valence-electron chi connectivity index (χ0n) is 9.19. The van der Waals surface area contributed by atoms with Crippen LogP contribution in [-0.2, 0) is 5.41 Å². The number of halogens is 2. The fraction of sp³-hybridized carbons (Fsp3) is 0.500. The largest absolute Gasteiger partial charge is 0.330 e. The quantitative estimate of drug-likeness (QED) is 0.853. The smallest absolute Gasteiger partial charge is 0.0458 e. The highest BCUT2D eigenvalue weighted by atomic mass is 35.5. The monoisotopic (exact) mass is 245 g/mol. The van der Waals surface area contributed by atoms with Gasteiger partial charge in [-0.3, -0.25) is 0 Å². The third kappa shape index (κ3) is 2.47. The first-order valence-electron chi connectivity index (χ1n) is 5.25. The second-order valence-electron chi connectivity index (χ2n) is 3.82. The second kappa shape index (κ2) is 5.20. The van der Waals surface area contributed by atoms with Gasteiger partial charge in [0, 0.05) is 22.0 Å². The van der Waals surface area contributed by atoms with Gasteiger partial charge in [-0.1, -0.05) is 43.1 Å². The third-order valence-electron chi connectivity index (χ3n) is 3.25. The van der Waals surface area contributed by atoms with E-state index in [1.165, 1.54) is 0 Å². The van der Waals surface area contributed by atoms with Gasteiger partial charge in [-0.15, -0.1) is 0 Å². The predicted octanol–water partition coefficient (Wildman–Crippen LogP) is 4.01. The van der Waals surface area contributed by atoms with Gasteiger partial charge in [0.15, 0.2) is 0 Å². The maximum absolute atomic E-state index is 6.21. The molecule has 84 valence electrons. The molecule has 0 heterocycles. The molecule has 0 bridgehead atoms. The highest BCUT2D eigenvalue weighted by molar-refractivity contribution is 6.35. The molecule has 0 saturated carbocycles. The van der Waals surface area contributed by atoms with E-state index in [1.807, 2.05) is 12.1 Å². The molecule has 15 heavy (non-hydrogen) atoms. The van der Waals surface area contributed by atoms with E-state index in [2.05, 4.69) is 13.8 Å². The highest BCUT2D eigenvalue weighted by Gasteiger charge is 2.28. The van der Waals surface area contributed by atoms with Gasteiger partial charge >= 0.3 is 0 Å². The van der Waals surface area contributed by atoms with Crippen LogP contribution in [0.15, 0.2) is 18.2 Å². The van der Waals surface area contributed by atoms with Crippen LogP contribution >= 0.6 is 23.2 Å². The molecule has 0 radical (unpaired) electrons. The molecule has 0 amide bonds. The van der Waals surface area contributed by atoms with E-state index in [1.54, 1.807) is 6.07 Å². The minimum atomic E-state index is -0.0122. The number of rotatable bonds is 4. The van der Waals surface area contributed by atoms with Gasteiger partial charge in [0.25, 0.3) is 0 Å². The van der Waals surface area contributed by atoms with Crippen LogP contribution in [0.25, 0.3) is 0 Å². The van der Waals surface area contributed by atoms with E-state index in [4.69, 9.17) is 28.9 Å². The first kappa shape index (κ1) is 12.8. The summed E-state index contributed by atoms with van der Waals surface area (Å²) in [5.41, 5.74) is 6.98. The van der Waals surface area contributed by atoms with Crippen LogP contribution in [0.3, 0.4) is 0 Å². The summed E-state index contributed by atoms with van der Waals surface area (Å²) in [5.74, 6) is 0. The molecule has 1 rings (SSSR count). The van der Waals surface area contributed by atoms with Crippen LogP contribution in [0.5, 0.6) is 0 Å². The summed E-state index contributed by atoms with van der Waals surface area (Å²) in [4.78, 5) is 0. The molecular formula is C12H17Cl2N. The number of benzene rings is 1. The summed E-state index contributed by atoms with van der Waals surface area (Å²) in [5, 5.41) is 1.39. The van der Waals surface area contributed by atoms with Crippen LogP contribution in [-0.4, -0.2) is 6.54 Å². The zero-order valence-corrected chi connectivity index (χ0v) is 10.7. The van der Waals surface area contributed by atoms with Gasteiger partial charge in [-0.25, -0.2) is 0 Å². The summed E-state index contributed by atoms with van der Waals surface area (Å²) in [6.07, 6.45) is 1.97. The maximum atomic E-state index is 6.21. The lowest BCUT2D eigenvalue weighted by atomic mass is 9.76. The molecule has 1 aromatic carbocycles. The van der Waals surface area contributed by atoms with Gasteiger partial charge in [-0.05, 0) is 30.5 Å². The molecule has 0 aromatic heterocycles. The molecule has 0 spiro atoms. The van der Waals surface area contributed by atoms with E-state index in [9.17, 15) is 0 Å². The minimum Gasteiger partial charge on any atom is -0.330 e. The van der Waals surface area contributed by atoms with E-state index in [0.717, 1.165) is 23.4 Å². The van der Waals surface area contributed by atoms with E-state index in [-0.39, 0.29) is 5.41 Å². The van der Waals surface area contributed by atoms with Crippen molar-refractivity contribution in [2.24, 2.45) is 5.73 Å². The fourth-order valence-corrected chi connectivity index (χ4v) is 2.56. The number of nitrogens with two attached hydrogens (primary N) is 1. The lowest BCUT2D eigenvalue weighted by Crippen LogP contribution is -2.34. The first-order chi connectivity index (χ1) is 7.09. The number of hydrogen-bond acceptors (Lipinski definition) is 1. The van der Waals surface area contributed by atoms with Crippen LogP contribution in [0.1, 0.15) is 32.3 Å². The van der Waals surface area contributed by atoms with Crippen LogP contribution in [0.4, 0.5) is 0 Å². The molecule has 0 aliphatic rings. The third-order valence-corrected chi connectivity index (χ3v) is 3.79. The lowest BCUT2D eigenvalue weighted by Gasteiger charge is -2.31. The van der Waals surface area contributed by atoms with Crippen LogP contribution < -0.4 is 5.73 Å². The molecular weight excluding hydrogens is 229 g/mol. The molecule has 0 fully saturated rings. The average molecular weight is 246 g/mol. The Morgan fingerprint density at radius 2 is 1.80 bits per heavy atom. The summed E-state index contributed by atoms with van der Waals surface area (Å²) in [7, 11) is 0. The van der Waals surface area contributed by atoms with Crippen molar-refractivity contribution in [1.82, 2.24) is 0 Å². The summed E-state index contributed by atoms with van der Waals surface area (Å²) in [6.45, 7) is 4.89. The summed E-state index contributed by atoms with van der Waals surface area (Å²) < 4.78 is 0. The predicted molar refractivity (Wildman–Crippen MR) is 67.8 cm³/mol. The zero-order chi connectivity index (χ0) is 11.5. The Balaban J connectivity index is 3.22. The second-order valence-corrected chi connectivity index (χ2v) is 4.66. The van der Waals surface area contributed by atoms with E-state index < -0.39 is 0 Å². The molecule has 0 saturated heterocycles. The molecule has 0 aliphatic carbocycles. The van der Waals surface area contributed by atoms with Gasteiger partial charge < -0.3 is 5.73 Å². The van der Waals surface area contributed by atoms with Crippen molar-refractivity contribution in [1.29, 1.82) is 0 Å². The van der Waals surface area contributed by atoms with Crippen molar-refractivity contribution in [3.8, 4) is 0 Å². The van der Waals surface area contributed by atoms with Crippen molar-refractivity contribution in [2.45, 2.75) is 32.1 Å². The Hall–Kier alpha value is -0.240. The normalized spacial score (nSPS) is 11.8. The first-order valence-corrected chi connectivity index (χ1v) is 6.01. The van der Waals surface area contributed by atoms with Crippen molar-refractivity contribution in [3.05, 3.63) is 33.8 Å². The minimum absolute atomic E-state index is 0.0122. The molecule has 1 aromatic rings. The van der Waals surface area contributed by atoms with Crippen LogP contribution in [0, 0.1) is 0 Å². The summed E-state index contributed by atoms with van der Waals surface area (Å²) >= 11 is 12.1. The Bertz CT molecular complexity index is 324. The molecule has 0 unspecified atom stereocenters. The van der Waals surface area contributed by atoms with E-state index in [0.29, 0.717) is 11.6 Å². The van der Waals surface area contributed by atoms with Gasteiger partial charge in [-0.2, -0.15) is 0 Å². The Morgan fingerprint density at radius 1 is 1.20 bits per heavy atom. The topological polar surface area (TPSA) is 26.0 Å². The Labute approximate surface area is 102 Å². The molecule has 0 aliphatic heterocycles. The summed E-state index contributed by atoms with van der Waals surface area (Å²) in [6, 6.07) is 5.65. The SMILES string of the molecule is CCC(CC)(CN)c1ccc(Cl)cc1Cl. The fourth-order valence-electron chi connectivity index (χ4n) is 1.95. The van der Waals surface area contributed by atoms with E-state index >= 15 is 0 Å². The molecule has 2 N–H and O–H groups in total. The standard InChI is InChI=1S/C12H17Cl2N/c1-3-12(4-2,8-15)10-6-5-9(13)7-11(10)14/h5-7H,3-4,8,15H2,1-2H3. The van der Waals surface area contributed by atoms with Crippen molar-refractivity contribution < 1.29 is 0 Å².